The van der Waals surface area contributed by atoms with Crippen LogP contribution >= 0.6 is 11.6 Å². The van der Waals surface area contributed by atoms with Gasteiger partial charge in [-0.1, -0.05) is 17.7 Å². The number of nitrogens with one attached hydrogen (secondary N) is 1. The number of aryl methyl sites for hydroxylation is 1. The smallest absolute Gasteiger partial charge is 0.276 e. The molecule has 1 unspecified atom stereocenters. The van der Waals surface area contributed by atoms with Gasteiger partial charge in [0, 0.05) is 5.56 Å². The highest BCUT2D eigenvalue weighted by Crippen LogP contribution is 2.35. The molecule has 88 valence electrons. The third-order valence-electron chi connectivity index (χ3n) is 3.00. The molecule has 0 bridgehead atoms. The molecular weight excluding hydrogens is 242 g/mol. The zero-order valence-corrected chi connectivity index (χ0v) is 9.82. The van der Waals surface area contributed by atoms with E-state index in [0.717, 1.165) is 16.8 Å². The van der Waals surface area contributed by atoms with Gasteiger partial charge in [0.05, 0.1) is 17.3 Å². The van der Waals surface area contributed by atoms with Crippen molar-refractivity contribution in [3.05, 3.63) is 28.3 Å². The van der Waals surface area contributed by atoms with E-state index in [1.807, 2.05) is 19.1 Å². The highest BCUT2D eigenvalue weighted by molar-refractivity contribution is 6.32. The van der Waals surface area contributed by atoms with E-state index in [9.17, 15) is 9.90 Å². The molecule has 1 saturated heterocycles. The van der Waals surface area contributed by atoms with Gasteiger partial charge in [-0.3, -0.25) is 10.1 Å². The molecular formula is C11H10ClN3O2. The van der Waals surface area contributed by atoms with Crippen LogP contribution in [0.3, 0.4) is 0 Å². The van der Waals surface area contributed by atoms with Gasteiger partial charge in [-0.15, -0.1) is 0 Å². The van der Waals surface area contributed by atoms with Crippen LogP contribution in [-0.2, 0) is 11.3 Å². The Balaban J connectivity index is 2.12. The van der Waals surface area contributed by atoms with E-state index in [2.05, 4.69) is 10.3 Å². The van der Waals surface area contributed by atoms with Crippen molar-refractivity contribution in [2.75, 3.05) is 0 Å². The molecule has 2 N–H and O–H groups in total. The van der Waals surface area contributed by atoms with Gasteiger partial charge in [0.25, 0.3) is 5.91 Å². The van der Waals surface area contributed by atoms with Crippen LogP contribution in [0.1, 0.15) is 11.1 Å². The second-order valence-corrected chi connectivity index (χ2v) is 4.50. The van der Waals surface area contributed by atoms with E-state index >= 15 is 0 Å². The van der Waals surface area contributed by atoms with Gasteiger partial charge in [0.2, 0.25) is 12.2 Å². The number of guanidine groups is 1. The van der Waals surface area contributed by atoms with Crippen molar-refractivity contribution in [2.45, 2.75) is 19.7 Å². The molecule has 0 spiro atoms. The summed E-state index contributed by atoms with van der Waals surface area (Å²) in [5, 5.41) is 12.8. The molecule has 1 atom stereocenters. The monoisotopic (exact) mass is 251 g/mol. The zero-order chi connectivity index (χ0) is 12.2. The number of aliphatic hydroxyl groups is 1. The van der Waals surface area contributed by atoms with Crippen LogP contribution in [0.4, 0.5) is 5.69 Å². The molecule has 17 heavy (non-hydrogen) atoms. The summed E-state index contributed by atoms with van der Waals surface area (Å²) in [5.74, 6) is -0.0701. The molecule has 1 aromatic carbocycles. The molecule has 1 amide bonds. The fourth-order valence-electron chi connectivity index (χ4n) is 2.03. The van der Waals surface area contributed by atoms with Crippen molar-refractivity contribution in [2.24, 2.45) is 4.99 Å². The Kier molecular flexibility index (Phi) is 2.14. The maximum absolute atomic E-state index is 11.3. The summed E-state index contributed by atoms with van der Waals surface area (Å²) >= 11 is 6.20. The Morgan fingerprint density at radius 1 is 1.59 bits per heavy atom. The zero-order valence-electron chi connectivity index (χ0n) is 9.07. The minimum atomic E-state index is -1.18. The van der Waals surface area contributed by atoms with Gasteiger partial charge < -0.3 is 10.0 Å². The van der Waals surface area contributed by atoms with E-state index in [1.165, 1.54) is 4.90 Å². The number of hydrogen-bond acceptors (Lipinski definition) is 4. The van der Waals surface area contributed by atoms with Gasteiger partial charge in [0.1, 0.15) is 0 Å². The molecule has 0 aromatic heterocycles. The number of carbonyl (C=O) groups is 1. The molecule has 2 aliphatic rings. The van der Waals surface area contributed by atoms with E-state index in [0.29, 0.717) is 17.5 Å². The Bertz CT molecular complexity index is 556. The number of rotatable bonds is 0. The molecule has 0 saturated carbocycles. The summed E-state index contributed by atoms with van der Waals surface area (Å²) in [6.45, 7) is 2.29. The number of aliphatic imine (C=N–C) groups is 1. The van der Waals surface area contributed by atoms with Crippen LogP contribution in [0.5, 0.6) is 0 Å². The molecule has 3 rings (SSSR count). The lowest BCUT2D eigenvalue weighted by atomic mass is 10.1. The van der Waals surface area contributed by atoms with Gasteiger partial charge in [-0.2, -0.15) is 0 Å². The average molecular weight is 252 g/mol. The molecule has 1 fully saturated rings. The van der Waals surface area contributed by atoms with Crippen molar-refractivity contribution in [1.29, 1.82) is 0 Å². The fraction of sp³-hybridized carbons (Fsp3) is 0.273. The fourth-order valence-corrected chi connectivity index (χ4v) is 2.24. The van der Waals surface area contributed by atoms with E-state index in [4.69, 9.17) is 11.6 Å². The molecule has 2 heterocycles. The predicted molar refractivity (Wildman–Crippen MR) is 63.0 cm³/mol. The maximum Gasteiger partial charge on any atom is 0.276 e. The first-order chi connectivity index (χ1) is 8.08. The molecule has 6 heteroatoms. The molecule has 5 nitrogen and oxygen atoms in total. The average Bonchev–Trinajstić information content (AvgIpc) is 2.58. The van der Waals surface area contributed by atoms with Crippen LogP contribution in [0.25, 0.3) is 0 Å². The lowest BCUT2D eigenvalue weighted by Gasteiger charge is -2.26. The number of benzene rings is 1. The summed E-state index contributed by atoms with van der Waals surface area (Å²) in [5.41, 5.74) is 2.53. The Morgan fingerprint density at radius 3 is 3.12 bits per heavy atom. The second kappa shape index (κ2) is 3.45. The standard InChI is InChI=1S/C11H10ClN3O2/c1-5-2-3-7-6(8(5)12)4-15-10(17)9(16)14-11(15)13-7/h2-3,10,17H,4H2,1H3,(H,13,14,16). The quantitative estimate of drug-likeness (QED) is 0.720. The van der Waals surface area contributed by atoms with Crippen molar-refractivity contribution < 1.29 is 9.90 Å². The largest absolute Gasteiger partial charge is 0.365 e. The van der Waals surface area contributed by atoms with Crippen LogP contribution in [0.2, 0.25) is 5.02 Å². The summed E-state index contributed by atoms with van der Waals surface area (Å²) in [6, 6.07) is 3.74. The Labute approximate surface area is 103 Å². The molecule has 0 aliphatic carbocycles. The van der Waals surface area contributed by atoms with Gasteiger partial charge in [-0.05, 0) is 18.6 Å². The second-order valence-electron chi connectivity index (χ2n) is 4.12. The van der Waals surface area contributed by atoms with Crippen LogP contribution in [0, 0.1) is 6.92 Å². The Hall–Kier alpha value is -1.59. The first kappa shape index (κ1) is 10.6. The maximum atomic E-state index is 11.3. The van der Waals surface area contributed by atoms with Crippen LogP contribution in [0.15, 0.2) is 17.1 Å². The van der Waals surface area contributed by atoms with E-state index in [1.54, 1.807) is 0 Å². The number of aliphatic hydroxyl groups excluding tert-OH is 1. The number of halogens is 1. The van der Waals surface area contributed by atoms with Crippen LogP contribution < -0.4 is 5.32 Å². The van der Waals surface area contributed by atoms with Crippen molar-refractivity contribution in [1.82, 2.24) is 10.2 Å². The third kappa shape index (κ3) is 1.43. The lowest BCUT2D eigenvalue weighted by Crippen LogP contribution is -2.36. The van der Waals surface area contributed by atoms with Gasteiger partial charge in [0.15, 0.2) is 0 Å². The molecule has 2 aliphatic heterocycles. The summed E-state index contributed by atoms with van der Waals surface area (Å²) in [7, 11) is 0. The summed E-state index contributed by atoms with van der Waals surface area (Å²) in [4.78, 5) is 17.1. The van der Waals surface area contributed by atoms with E-state index < -0.39 is 12.1 Å². The van der Waals surface area contributed by atoms with Crippen molar-refractivity contribution in [3.8, 4) is 0 Å². The number of nitrogens with zero attached hydrogens (tertiary/aromatic N) is 2. The highest BCUT2D eigenvalue weighted by atomic mass is 35.5. The highest BCUT2D eigenvalue weighted by Gasteiger charge is 2.38. The molecule has 0 radical (unpaired) electrons. The minimum Gasteiger partial charge on any atom is -0.365 e. The van der Waals surface area contributed by atoms with Crippen molar-refractivity contribution >= 4 is 29.2 Å². The first-order valence-corrected chi connectivity index (χ1v) is 5.58. The van der Waals surface area contributed by atoms with E-state index in [-0.39, 0.29) is 0 Å². The molecule has 1 aromatic rings. The topological polar surface area (TPSA) is 64.9 Å². The lowest BCUT2D eigenvalue weighted by molar-refractivity contribution is -0.130. The summed E-state index contributed by atoms with van der Waals surface area (Å²) in [6.07, 6.45) is -1.18. The summed E-state index contributed by atoms with van der Waals surface area (Å²) < 4.78 is 0. The first-order valence-electron chi connectivity index (χ1n) is 5.20. The third-order valence-corrected chi connectivity index (χ3v) is 3.53. The van der Waals surface area contributed by atoms with Crippen LogP contribution in [-0.4, -0.2) is 28.1 Å². The van der Waals surface area contributed by atoms with Gasteiger partial charge in [-0.25, -0.2) is 4.99 Å². The number of amides is 1. The van der Waals surface area contributed by atoms with Crippen molar-refractivity contribution in [3.63, 3.8) is 0 Å². The SMILES string of the molecule is Cc1ccc2c(c1Cl)CN1C(=N2)NC(=O)C1O. The Morgan fingerprint density at radius 2 is 2.35 bits per heavy atom. The predicted octanol–water partition coefficient (Wildman–Crippen LogP) is 0.900. The minimum absolute atomic E-state index is 0.384. The normalized spacial score (nSPS) is 21.8. The number of carbonyl (C=O) groups excluding carboxylic acids is 1. The van der Waals surface area contributed by atoms with Gasteiger partial charge >= 0.3 is 0 Å². The number of fused-ring (bicyclic) bond motifs is 2. The number of hydrogen-bond donors (Lipinski definition) is 2.